The molecule has 0 aromatic carbocycles. The highest BCUT2D eigenvalue weighted by atomic mass is 16.4. The molecule has 0 radical (unpaired) electrons. The van der Waals surface area contributed by atoms with Gasteiger partial charge in [-0.2, -0.15) is 0 Å². The second kappa shape index (κ2) is 4.13. The van der Waals surface area contributed by atoms with Crippen molar-refractivity contribution in [1.29, 1.82) is 0 Å². The molecule has 0 aliphatic rings. The van der Waals surface area contributed by atoms with Crippen molar-refractivity contribution >= 4 is 5.69 Å². The molecule has 2 heterocycles. The van der Waals surface area contributed by atoms with Crippen LogP contribution in [0.2, 0.25) is 0 Å². The SMILES string of the molecule is Cc1cnc(CNc2ccncc2C)o1. The molecule has 78 valence electrons. The Morgan fingerprint density at radius 3 is 2.87 bits per heavy atom. The molecule has 0 spiro atoms. The Morgan fingerprint density at radius 2 is 2.20 bits per heavy atom. The molecule has 0 aliphatic heterocycles. The van der Waals surface area contributed by atoms with Gasteiger partial charge in [-0.15, -0.1) is 0 Å². The maximum absolute atomic E-state index is 5.36. The van der Waals surface area contributed by atoms with Crippen molar-refractivity contribution in [3.63, 3.8) is 0 Å². The van der Waals surface area contributed by atoms with Crippen LogP contribution in [0.25, 0.3) is 0 Å². The number of hydrogen-bond donors (Lipinski definition) is 1. The number of nitrogens with one attached hydrogen (secondary N) is 1. The number of pyridine rings is 1. The Hall–Kier alpha value is -1.84. The van der Waals surface area contributed by atoms with Crippen LogP contribution in [0.15, 0.2) is 29.1 Å². The summed E-state index contributed by atoms with van der Waals surface area (Å²) in [6.45, 7) is 4.49. The highest BCUT2D eigenvalue weighted by molar-refractivity contribution is 5.48. The van der Waals surface area contributed by atoms with Crippen LogP contribution in [0.3, 0.4) is 0 Å². The van der Waals surface area contributed by atoms with Gasteiger partial charge in [-0.3, -0.25) is 4.98 Å². The summed E-state index contributed by atoms with van der Waals surface area (Å²) >= 11 is 0. The summed E-state index contributed by atoms with van der Waals surface area (Å²) in [5, 5.41) is 3.25. The molecule has 2 aromatic heterocycles. The highest BCUT2D eigenvalue weighted by Gasteiger charge is 2.01. The molecule has 2 aromatic rings. The number of rotatable bonds is 3. The Balaban J connectivity index is 2.02. The van der Waals surface area contributed by atoms with Gasteiger partial charge in [-0.25, -0.2) is 4.98 Å². The van der Waals surface area contributed by atoms with E-state index in [4.69, 9.17) is 4.42 Å². The van der Waals surface area contributed by atoms with Crippen LogP contribution in [0.5, 0.6) is 0 Å². The topological polar surface area (TPSA) is 51.0 Å². The van der Waals surface area contributed by atoms with Gasteiger partial charge in [-0.05, 0) is 25.5 Å². The van der Waals surface area contributed by atoms with Gasteiger partial charge in [-0.1, -0.05) is 0 Å². The molecule has 0 saturated heterocycles. The Kier molecular flexibility index (Phi) is 2.67. The van der Waals surface area contributed by atoms with Crippen molar-refractivity contribution in [3.8, 4) is 0 Å². The van der Waals surface area contributed by atoms with E-state index in [2.05, 4.69) is 15.3 Å². The van der Waals surface area contributed by atoms with E-state index in [1.165, 1.54) is 0 Å². The fourth-order valence-corrected chi connectivity index (χ4v) is 1.33. The van der Waals surface area contributed by atoms with Crippen molar-refractivity contribution in [2.75, 3.05) is 5.32 Å². The third kappa shape index (κ3) is 2.34. The molecule has 1 N–H and O–H groups in total. The first kappa shape index (κ1) is 9.71. The highest BCUT2D eigenvalue weighted by Crippen LogP contribution is 2.13. The zero-order valence-corrected chi connectivity index (χ0v) is 8.82. The summed E-state index contributed by atoms with van der Waals surface area (Å²) < 4.78 is 5.36. The minimum absolute atomic E-state index is 0.596. The number of anilines is 1. The lowest BCUT2D eigenvalue weighted by Gasteiger charge is -2.05. The van der Waals surface area contributed by atoms with E-state index in [1.807, 2.05) is 26.1 Å². The van der Waals surface area contributed by atoms with Crippen LogP contribution in [-0.2, 0) is 6.54 Å². The molecule has 4 heteroatoms. The van der Waals surface area contributed by atoms with Gasteiger partial charge in [0.2, 0.25) is 5.89 Å². The molecule has 0 saturated carbocycles. The Labute approximate surface area is 88.4 Å². The molecular weight excluding hydrogens is 190 g/mol. The first-order valence-corrected chi connectivity index (χ1v) is 4.81. The Morgan fingerprint density at radius 1 is 1.33 bits per heavy atom. The van der Waals surface area contributed by atoms with E-state index in [0.717, 1.165) is 17.0 Å². The van der Waals surface area contributed by atoms with Crippen LogP contribution in [0.4, 0.5) is 5.69 Å². The third-order valence-electron chi connectivity index (χ3n) is 2.12. The Bertz CT molecular complexity index is 451. The normalized spacial score (nSPS) is 10.3. The van der Waals surface area contributed by atoms with E-state index in [1.54, 1.807) is 12.4 Å². The van der Waals surface area contributed by atoms with Crippen molar-refractivity contribution in [2.24, 2.45) is 0 Å². The van der Waals surface area contributed by atoms with E-state index in [0.29, 0.717) is 12.4 Å². The van der Waals surface area contributed by atoms with E-state index >= 15 is 0 Å². The number of nitrogens with zero attached hydrogens (tertiary/aromatic N) is 2. The average Bonchev–Trinajstić information content (AvgIpc) is 2.63. The predicted octanol–water partition coefficient (Wildman–Crippen LogP) is 2.30. The summed E-state index contributed by atoms with van der Waals surface area (Å²) in [6, 6.07) is 1.94. The quantitative estimate of drug-likeness (QED) is 0.831. The summed E-state index contributed by atoms with van der Waals surface area (Å²) in [5.41, 5.74) is 2.17. The molecule has 4 nitrogen and oxygen atoms in total. The van der Waals surface area contributed by atoms with Crippen LogP contribution < -0.4 is 5.32 Å². The summed E-state index contributed by atoms with van der Waals surface area (Å²) in [6.07, 6.45) is 5.30. The number of aryl methyl sites for hydroxylation is 2. The molecule has 2 rings (SSSR count). The van der Waals surface area contributed by atoms with E-state index < -0.39 is 0 Å². The zero-order valence-electron chi connectivity index (χ0n) is 8.82. The molecule has 0 aliphatic carbocycles. The lowest BCUT2D eigenvalue weighted by atomic mass is 10.2. The molecule has 0 unspecified atom stereocenters. The monoisotopic (exact) mass is 203 g/mol. The number of aromatic nitrogens is 2. The molecule has 0 amide bonds. The lowest BCUT2D eigenvalue weighted by molar-refractivity contribution is 0.479. The third-order valence-corrected chi connectivity index (χ3v) is 2.12. The predicted molar refractivity (Wildman–Crippen MR) is 57.5 cm³/mol. The average molecular weight is 203 g/mol. The van der Waals surface area contributed by atoms with Crippen molar-refractivity contribution in [1.82, 2.24) is 9.97 Å². The van der Waals surface area contributed by atoms with Crippen molar-refractivity contribution in [3.05, 3.63) is 41.9 Å². The van der Waals surface area contributed by atoms with Gasteiger partial charge >= 0.3 is 0 Å². The molecular formula is C11H13N3O. The fourth-order valence-electron chi connectivity index (χ4n) is 1.33. The van der Waals surface area contributed by atoms with Gasteiger partial charge in [0.25, 0.3) is 0 Å². The standard InChI is InChI=1S/C11H13N3O/c1-8-5-12-4-3-10(8)13-7-11-14-6-9(2)15-11/h3-6H,7H2,1-2H3,(H,12,13). The van der Waals surface area contributed by atoms with Crippen LogP contribution >= 0.6 is 0 Å². The second-order valence-corrected chi connectivity index (χ2v) is 3.41. The smallest absolute Gasteiger partial charge is 0.213 e. The summed E-state index contributed by atoms with van der Waals surface area (Å²) in [7, 11) is 0. The van der Waals surface area contributed by atoms with Crippen LogP contribution in [-0.4, -0.2) is 9.97 Å². The second-order valence-electron chi connectivity index (χ2n) is 3.41. The lowest BCUT2D eigenvalue weighted by Crippen LogP contribution is -2.01. The van der Waals surface area contributed by atoms with Crippen LogP contribution in [0, 0.1) is 13.8 Å². The zero-order chi connectivity index (χ0) is 10.7. The number of hydrogen-bond acceptors (Lipinski definition) is 4. The van der Waals surface area contributed by atoms with Crippen LogP contribution in [0.1, 0.15) is 17.2 Å². The minimum Gasteiger partial charge on any atom is -0.444 e. The van der Waals surface area contributed by atoms with Gasteiger partial charge in [0.05, 0.1) is 12.7 Å². The number of oxazole rings is 1. The van der Waals surface area contributed by atoms with E-state index in [-0.39, 0.29) is 0 Å². The van der Waals surface area contributed by atoms with Gasteiger partial charge in [0.1, 0.15) is 5.76 Å². The largest absolute Gasteiger partial charge is 0.444 e. The maximum atomic E-state index is 5.36. The van der Waals surface area contributed by atoms with E-state index in [9.17, 15) is 0 Å². The molecule has 15 heavy (non-hydrogen) atoms. The van der Waals surface area contributed by atoms with Gasteiger partial charge in [0, 0.05) is 18.1 Å². The van der Waals surface area contributed by atoms with Crippen molar-refractivity contribution in [2.45, 2.75) is 20.4 Å². The first-order chi connectivity index (χ1) is 7.25. The fraction of sp³-hybridized carbons (Fsp3) is 0.273. The summed E-state index contributed by atoms with van der Waals surface area (Å²) in [5.74, 6) is 1.53. The first-order valence-electron chi connectivity index (χ1n) is 4.81. The van der Waals surface area contributed by atoms with Gasteiger partial charge < -0.3 is 9.73 Å². The van der Waals surface area contributed by atoms with Gasteiger partial charge in [0.15, 0.2) is 0 Å². The maximum Gasteiger partial charge on any atom is 0.213 e. The van der Waals surface area contributed by atoms with Crippen molar-refractivity contribution < 1.29 is 4.42 Å². The summed E-state index contributed by atoms with van der Waals surface area (Å²) in [4.78, 5) is 8.14. The minimum atomic E-state index is 0.596. The molecule has 0 bridgehead atoms. The molecule has 0 atom stereocenters. The molecule has 0 fully saturated rings.